The first kappa shape index (κ1) is 14.2. The minimum Gasteiger partial charge on any atom is -0.494 e. The van der Waals surface area contributed by atoms with Crippen molar-refractivity contribution in [3.05, 3.63) is 18.2 Å². The van der Waals surface area contributed by atoms with Gasteiger partial charge in [0.2, 0.25) is 5.95 Å². The molecule has 2 heterocycles. The van der Waals surface area contributed by atoms with Crippen LogP contribution in [0.4, 0.5) is 5.95 Å². The number of aromatic nitrogens is 2. The van der Waals surface area contributed by atoms with E-state index in [1.165, 1.54) is 13.0 Å². The molecule has 1 aliphatic rings. The topological polar surface area (TPSA) is 56.3 Å². The first-order valence-electron chi connectivity index (χ1n) is 7.77. The molecule has 0 aliphatic carbocycles. The van der Waals surface area contributed by atoms with Gasteiger partial charge in [-0.2, -0.15) is 0 Å². The Morgan fingerprint density at radius 3 is 2.76 bits per heavy atom. The zero-order valence-electron chi connectivity index (χ0n) is 12.9. The molecule has 1 aromatic heterocycles. The van der Waals surface area contributed by atoms with Crippen LogP contribution in [0.5, 0.6) is 5.75 Å². The van der Waals surface area contributed by atoms with E-state index in [-0.39, 0.29) is 0 Å². The van der Waals surface area contributed by atoms with E-state index in [1.54, 1.807) is 7.11 Å². The van der Waals surface area contributed by atoms with E-state index in [2.05, 4.69) is 27.4 Å². The Bertz CT molecular complexity index is 614. The predicted octanol–water partition coefficient (Wildman–Crippen LogP) is 2.67. The SMILES string of the molecule is CCCN1CCC(n2c(N)nc3c(OC)cccc32)CC1. The fraction of sp³-hybridized carbons (Fsp3) is 0.562. The smallest absolute Gasteiger partial charge is 0.201 e. The maximum atomic E-state index is 6.18. The van der Waals surface area contributed by atoms with Crippen molar-refractivity contribution in [2.45, 2.75) is 32.2 Å². The van der Waals surface area contributed by atoms with E-state index >= 15 is 0 Å². The molecule has 0 radical (unpaired) electrons. The number of nitrogens with zero attached hydrogens (tertiary/aromatic N) is 3. The van der Waals surface area contributed by atoms with Crippen LogP contribution in [0.2, 0.25) is 0 Å². The maximum Gasteiger partial charge on any atom is 0.201 e. The van der Waals surface area contributed by atoms with Crippen LogP contribution in [0.25, 0.3) is 11.0 Å². The number of anilines is 1. The third kappa shape index (κ3) is 2.58. The van der Waals surface area contributed by atoms with E-state index in [0.717, 1.165) is 42.7 Å². The van der Waals surface area contributed by atoms with Crippen molar-refractivity contribution in [3.63, 3.8) is 0 Å². The standard InChI is InChI=1S/C16H24N4O/c1-3-9-19-10-7-12(8-11-19)20-13-5-4-6-14(21-2)15(13)18-16(20)17/h4-6,12H,3,7-11H2,1-2H3,(H2,17,18). The molecule has 21 heavy (non-hydrogen) atoms. The molecule has 5 nitrogen and oxygen atoms in total. The Morgan fingerprint density at radius 1 is 1.33 bits per heavy atom. The average molecular weight is 288 g/mol. The third-order valence-electron chi connectivity index (χ3n) is 4.39. The number of hydrogen-bond acceptors (Lipinski definition) is 4. The molecule has 5 heteroatoms. The second-order valence-electron chi connectivity index (χ2n) is 5.74. The molecule has 0 atom stereocenters. The first-order valence-corrected chi connectivity index (χ1v) is 7.77. The number of nitrogens with two attached hydrogens (primary N) is 1. The van der Waals surface area contributed by atoms with Gasteiger partial charge in [0, 0.05) is 19.1 Å². The highest BCUT2D eigenvalue weighted by Gasteiger charge is 2.24. The third-order valence-corrected chi connectivity index (χ3v) is 4.39. The average Bonchev–Trinajstić information content (AvgIpc) is 2.84. The number of ether oxygens (including phenoxy) is 1. The van der Waals surface area contributed by atoms with E-state index in [9.17, 15) is 0 Å². The summed E-state index contributed by atoms with van der Waals surface area (Å²) < 4.78 is 7.59. The number of likely N-dealkylation sites (tertiary alicyclic amines) is 1. The van der Waals surface area contributed by atoms with Gasteiger partial charge >= 0.3 is 0 Å². The van der Waals surface area contributed by atoms with Crippen LogP contribution in [-0.2, 0) is 0 Å². The van der Waals surface area contributed by atoms with Gasteiger partial charge in [0.25, 0.3) is 0 Å². The van der Waals surface area contributed by atoms with Crippen LogP contribution in [0.1, 0.15) is 32.2 Å². The van der Waals surface area contributed by atoms with Crippen molar-refractivity contribution >= 4 is 17.0 Å². The van der Waals surface area contributed by atoms with Gasteiger partial charge in [-0.25, -0.2) is 4.98 Å². The molecule has 3 rings (SSSR count). The number of methoxy groups -OCH3 is 1. The molecule has 0 bridgehead atoms. The summed E-state index contributed by atoms with van der Waals surface area (Å²) in [5.74, 6) is 1.39. The van der Waals surface area contributed by atoms with Crippen LogP contribution in [-0.4, -0.2) is 41.2 Å². The first-order chi connectivity index (χ1) is 10.2. The second kappa shape index (κ2) is 5.93. The van der Waals surface area contributed by atoms with Gasteiger partial charge in [-0.05, 0) is 37.9 Å². The molecule has 1 aliphatic heterocycles. The Balaban J connectivity index is 1.89. The Morgan fingerprint density at radius 2 is 2.10 bits per heavy atom. The summed E-state index contributed by atoms with van der Waals surface area (Å²) >= 11 is 0. The lowest BCUT2D eigenvalue weighted by Crippen LogP contribution is -2.35. The zero-order valence-corrected chi connectivity index (χ0v) is 12.9. The van der Waals surface area contributed by atoms with Gasteiger partial charge in [0.1, 0.15) is 11.3 Å². The van der Waals surface area contributed by atoms with Crippen LogP contribution in [0.15, 0.2) is 18.2 Å². The largest absolute Gasteiger partial charge is 0.494 e. The van der Waals surface area contributed by atoms with Crippen molar-refractivity contribution in [2.24, 2.45) is 0 Å². The van der Waals surface area contributed by atoms with Crippen molar-refractivity contribution in [3.8, 4) is 5.75 Å². The maximum absolute atomic E-state index is 6.18. The van der Waals surface area contributed by atoms with Gasteiger partial charge in [0.15, 0.2) is 0 Å². The molecule has 114 valence electrons. The highest BCUT2D eigenvalue weighted by atomic mass is 16.5. The fourth-order valence-electron chi connectivity index (χ4n) is 3.38. The summed E-state index contributed by atoms with van der Waals surface area (Å²) in [6.45, 7) is 5.71. The number of para-hydroxylation sites is 1. The van der Waals surface area contributed by atoms with E-state index in [4.69, 9.17) is 10.5 Å². The number of nitrogen functional groups attached to an aromatic ring is 1. The molecule has 2 N–H and O–H groups in total. The number of hydrogen-bond donors (Lipinski definition) is 1. The van der Waals surface area contributed by atoms with Crippen molar-refractivity contribution in [2.75, 3.05) is 32.5 Å². The molecule has 0 unspecified atom stereocenters. The van der Waals surface area contributed by atoms with Crippen LogP contribution in [0, 0.1) is 0 Å². The summed E-state index contributed by atoms with van der Waals surface area (Å²) in [6, 6.07) is 6.46. The number of piperidine rings is 1. The lowest BCUT2D eigenvalue weighted by molar-refractivity contribution is 0.189. The summed E-state index contributed by atoms with van der Waals surface area (Å²) in [6.07, 6.45) is 3.48. The van der Waals surface area contributed by atoms with Crippen LogP contribution >= 0.6 is 0 Å². The minimum absolute atomic E-state index is 0.440. The lowest BCUT2D eigenvalue weighted by Gasteiger charge is -2.33. The molecule has 0 saturated carbocycles. The van der Waals surface area contributed by atoms with Crippen LogP contribution in [0.3, 0.4) is 0 Å². The van der Waals surface area contributed by atoms with E-state index in [0.29, 0.717) is 12.0 Å². The Labute approximate surface area is 125 Å². The summed E-state index contributed by atoms with van der Waals surface area (Å²) in [5.41, 5.74) is 8.14. The quantitative estimate of drug-likeness (QED) is 0.939. The van der Waals surface area contributed by atoms with Gasteiger partial charge in [-0.15, -0.1) is 0 Å². The van der Waals surface area contributed by atoms with E-state index in [1.807, 2.05) is 12.1 Å². The number of fused-ring (bicyclic) bond motifs is 1. The van der Waals surface area contributed by atoms with E-state index < -0.39 is 0 Å². The van der Waals surface area contributed by atoms with Crippen LogP contribution < -0.4 is 10.5 Å². The highest BCUT2D eigenvalue weighted by Crippen LogP contribution is 2.33. The second-order valence-corrected chi connectivity index (χ2v) is 5.74. The van der Waals surface area contributed by atoms with Gasteiger partial charge < -0.3 is 19.9 Å². The van der Waals surface area contributed by atoms with Gasteiger partial charge in [-0.3, -0.25) is 0 Å². The Kier molecular flexibility index (Phi) is 4.01. The number of rotatable bonds is 4. The van der Waals surface area contributed by atoms with Crippen molar-refractivity contribution in [1.82, 2.24) is 14.5 Å². The molecular formula is C16H24N4O. The molecule has 1 saturated heterocycles. The van der Waals surface area contributed by atoms with Crippen molar-refractivity contribution in [1.29, 1.82) is 0 Å². The van der Waals surface area contributed by atoms with Gasteiger partial charge in [0.05, 0.1) is 12.6 Å². The number of imidazole rings is 1. The van der Waals surface area contributed by atoms with Gasteiger partial charge in [-0.1, -0.05) is 13.0 Å². The summed E-state index contributed by atoms with van der Waals surface area (Å²) in [5, 5.41) is 0. The molecule has 1 aromatic carbocycles. The molecule has 2 aromatic rings. The summed E-state index contributed by atoms with van der Waals surface area (Å²) in [4.78, 5) is 7.05. The molecule has 0 amide bonds. The molecule has 1 fully saturated rings. The summed E-state index contributed by atoms with van der Waals surface area (Å²) in [7, 11) is 1.67. The lowest BCUT2D eigenvalue weighted by atomic mass is 10.0. The monoisotopic (exact) mass is 288 g/mol. The minimum atomic E-state index is 0.440. The zero-order chi connectivity index (χ0) is 14.8. The Hall–Kier alpha value is -1.75. The highest BCUT2D eigenvalue weighted by molar-refractivity contribution is 5.84. The number of benzene rings is 1. The normalized spacial score (nSPS) is 17.4. The van der Waals surface area contributed by atoms with Crippen molar-refractivity contribution < 1.29 is 4.74 Å². The fourth-order valence-corrected chi connectivity index (χ4v) is 3.38. The molecule has 0 spiro atoms. The predicted molar refractivity (Wildman–Crippen MR) is 85.7 cm³/mol. The molecular weight excluding hydrogens is 264 g/mol.